The SMILES string of the molecule is O=C(Oc1ccc(C#Cc2ccc(N=C=S)cc2)cc1)c1ccc(O)cc1. The molecule has 3 aromatic rings. The molecule has 1 N–H and O–H groups in total. The lowest BCUT2D eigenvalue weighted by Gasteiger charge is -2.04. The maximum Gasteiger partial charge on any atom is 0.343 e. The molecule has 0 amide bonds. The van der Waals surface area contributed by atoms with Crippen LogP contribution < -0.4 is 4.74 Å². The van der Waals surface area contributed by atoms with E-state index in [4.69, 9.17) is 4.74 Å². The molecule has 0 fully saturated rings. The first-order chi connectivity index (χ1) is 13.1. The number of benzene rings is 3. The predicted octanol–water partition coefficient (Wildman–Crippen LogP) is 4.75. The second kappa shape index (κ2) is 8.59. The van der Waals surface area contributed by atoms with Gasteiger partial charge in [-0.25, -0.2) is 4.79 Å². The second-order valence-electron chi connectivity index (χ2n) is 5.46. The topological polar surface area (TPSA) is 58.9 Å². The Morgan fingerprint density at radius 3 is 1.96 bits per heavy atom. The molecule has 0 atom stereocenters. The van der Waals surface area contributed by atoms with Crippen LogP contribution in [0.5, 0.6) is 11.5 Å². The van der Waals surface area contributed by atoms with Gasteiger partial charge in [-0.1, -0.05) is 11.8 Å². The van der Waals surface area contributed by atoms with Crippen LogP contribution >= 0.6 is 12.2 Å². The zero-order valence-corrected chi connectivity index (χ0v) is 14.9. The number of phenolic OH excluding ortho intramolecular Hbond substituents is 1. The van der Waals surface area contributed by atoms with E-state index >= 15 is 0 Å². The molecule has 5 heteroatoms. The van der Waals surface area contributed by atoms with Crippen LogP contribution in [0.2, 0.25) is 0 Å². The summed E-state index contributed by atoms with van der Waals surface area (Å²) < 4.78 is 5.30. The minimum Gasteiger partial charge on any atom is -0.508 e. The molecular formula is C22H13NO3S. The Kier molecular flexibility index (Phi) is 5.76. The minimum absolute atomic E-state index is 0.0931. The van der Waals surface area contributed by atoms with Gasteiger partial charge in [0.25, 0.3) is 0 Å². The van der Waals surface area contributed by atoms with Gasteiger partial charge in [0.15, 0.2) is 0 Å². The van der Waals surface area contributed by atoms with Crippen LogP contribution in [0.4, 0.5) is 5.69 Å². The second-order valence-corrected chi connectivity index (χ2v) is 5.64. The first kappa shape index (κ1) is 18.1. The van der Waals surface area contributed by atoms with Crippen LogP contribution in [-0.2, 0) is 0 Å². The molecule has 4 nitrogen and oxygen atoms in total. The summed E-state index contributed by atoms with van der Waals surface area (Å²) in [4.78, 5) is 15.9. The van der Waals surface area contributed by atoms with Crippen molar-refractivity contribution in [1.29, 1.82) is 0 Å². The summed E-state index contributed by atoms with van der Waals surface area (Å²) in [6, 6.07) is 20.1. The van der Waals surface area contributed by atoms with E-state index < -0.39 is 5.97 Å². The maximum absolute atomic E-state index is 12.0. The fraction of sp³-hybridized carbons (Fsp3) is 0. The average molecular weight is 371 g/mol. The van der Waals surface area contributed by atoms with Crippen LogP contribution in [0.3, 0.4) is 0 Å². The van der Waals surface area contributed by atoms with E-state index in [9.17, 15) is 9.90 Å². The molecule has 130 valence electrons. The number of carbonyl (C=O) groups excluding carboxylic acids is 1. The smallest absolute Gasteiger partial charge is 0.343 e. The number of phenols is 1. The third-order valence-corrected chi connectivity index (χ3v) is 3.65. The first-order valence-corrected chi connectivity index (χ1v) is 8.36. The van der Waals surface area contributed by atoms with Gasteiger partial charge >= 0.3 is 5.97 Å². The van der Waals surface area contributed by atoms with E-state index in [1.54, 1.807) is 24.3 Å². The fourth-order valence-corrected chi connectivity index (χ4v) is 2.29. The Hall–Kier alpha value is -3.71. The van der Waals surface area contributed by atoms with Crippen molar-refractivity contribution in [1.82, 2.24) is 0 Å². The molecular weight excluding hydrogens is 358 g/mol. The first-order valence-electron chi connectivity index (χ1n) is 7.95. The summed E-state index contributed by atoms with van der Waals surface area (Å²) in [7, 11) is 0. The van der Waals surface area contributed by atoms with Crippen molar-refractivity contribution < 1.29 is 14.6 Å². The number of esters is 1. The number of aromatic hydroxyl groups is 1. The third-order valence-electron chi connectivity index (χ3n) is 3.56. The van der Waals surface area contributed by atoms with E-state index in [1.165, 1.54) is 24.3 Å². The highest BCUT2D eigenvalue weighted by atomic mass is 32.1. The largest absolute Gasteiger partial charge is 0.508 e. The van der Waals surface area contributed by atoms with Crippen molar-refractivity contribution in [3.05, 3.63) is 89.5 Å². The van der Waals surface area contributed by atoms with Crippen LogP contribution in [0, 0.1) is 11.8 Å². The number of ether oxygens (including phenoxy) is 1. The maximum atomic E-state index is 12.0. The van der Waals surface area contributed by atoms with Crippen molar-refractivity contribution in [3.8, 4) is 23.3 Å². The van der Waals surface area contributed by atoms with Gasteiger partial charge in [-0.3, -0.25) is 0 Å². The summed E-state index contributed by atoms with van der Waals surface area (Å²) in [5.41, 5.74) is 2.73. The van der Waals surface area contributed by atoms with E-state index in [0.29, 0.717) is 11.3 Å². The summed E-state index contributed by atoms with van der Waals surface area (Å²) in [5.74, 6) is 6.12. The molecule has 27 heavy (non-hydrogen) atoms. The van der Waals surface area contributed by atoms with Crippen LogP contribution in [-0.4, -0.2) is 16.2 Å². The molecule has 0 aromatic heterocycles. The number of rotatable bonds is 3. The molecule has 0 aliphatic carbocycles. The van der Waals surface area contributed by atoms with Crippen molar-refractivity contribution in [2.24, 2.45) is 4.99 Å². The molecule has 0 heterocycles. The number of carbonyl (C=O) groups is 1. The molecule has 0 saturated heterocycles. The molecule has 0 unspecified atom stereocenters. The summed E-state index contributed by atoms with van der Waals surface area (Å²) in [6.07, 6.45) is 0. The molecule has 0 bridgehead atoms. The minimum atomic E-state index is -0.493. The highest BCUT2D eigenvalue weighted by molar-refractivity contribution is 7.78. The van der Waals surface area contributed by atoms with Crippen molar-refractivity contribution in [2.45, 2.75) is 0 Å². The highest BCUT2D eigenvalue weighted by Crippen LogP contribution is 2.16. The van der Waals surface area contributed by atoms with Crippen LogP contribution in [0.1, 0.15) is 21.5 Å². The number of hydrogen-bond donors (Lipinski definition) is 1. The Morgan fingerprint density at radius 2 is 1.41 bits per heavy atom. The van der Waals surface area contributed by atoms with Gasteiger partial charge < -0.3 is 9.84 Å². The van der Waals surface area contributed by atoms with E-state index in [2.05, 4.69) is 34.2 Å². The van der Waals surface area contributed by atoms with Gasteiger partial charge in [0.05, 0.1) is 16.4 Å². The predicted molar refractivity (Wildman–Crippen MR) is 107 cm³/mol. The number of aliphatic imine (C=N–C) groups is 1. The molecule has 3 rings (SSSR count). The Labute approximate surface area is 161 Å². The standard InChI is InChI=1S/C22H13NO3S/c24-20-11-7-18(8-12-20)22(25)26-21-13-5-17(6-14-21)2-1-16-3-9-19(10-4-16)23-15-27/h3-14,24H. The van der Waals surface area contributed by atoms with Gasteiger partial charge in [0.2, 0.25) is 0 Å². The lowest BCUT2D eigenvalue weighted by molar-refractivity contribution is 0.0735. The van der Waals surface area contributed by atoms with Crippen molar-refractivity contribution in [2.75, 3.05) is 0 Å². The van der Waals surface area contributed by atoms with E-state index in [1.807, 2.05) is 24.3 Å². The van der Waals surface area contributed by atoms with Crippen LogP contribution in [0.25, 0.3) is 0 Å². The molecule has 0 spiro atoms. The van der Waals surface area contributed by atoms with Gasteiger partial charge in [0, 0.05) is 11.1 Å². The molecule has 3 aromatic carbocycles. The Bertz CT molecular complexity index is 1050. The van der Waals surface area contributed by atoms with Crippen LogP contribution in [0.15, 0.2) is 77.8 Å². The monoisotopic (exact) mass is 371 g/mol. The van der Waals surface area contributed by atoms with E-state index in [-0.39, 0.29) is 5.75 Å². The van der Waals surface area contributed by atoms with E-state index in [0.717, 1.165) is 16.8 Å². The molecule has 0 aliphatic heterocycles. The molecule has 0 aliphatic rings. The van der Waals surface area contributed by atoms with Crippen molar-refractivity contribution in [3.63, 3.8) is 0 Å². The normalized spacial score (nSPS) is 9.48. The average Bonchev–Trinajstić information content (AvgIpc) is 2.69. The van der Waals surface area contributed by atoms with Gasteiger partial charge in [-0.2, -0.15) is 4.99 Å². The molecule has 0 saturated carbocycles. The summed E-state index contributed by atoms with van der Waals surface area (Å²) >= 11 is 4.57. The lowest BCUT2D eigenvalue weighted by atomic mass is 10.1. The Balaban J connectivity index is 1.66. The van der Waals surface area contributed by atoms with Gasteiger partial charge in [-0.05, 0) is 85.0 Å². The third kappa shape index (κ3) is 5.13. The summed E-state index contributed by atoms with van der Waals surface area (Å²) in [5, 5.41) is 11.6. The number of nitrogens with zero attached hydrogens (tertiary/aromatic N) is 1. The zero-order chi connectivity index (χ0) is 19.1. The number of thiocarbonyl (C=S) groups is 1. The number of isothiocyanates is 1. The Morgan fingerprint density at radius 1 is 0.852 bits per heavy atom. The summed E-state index contributed by atoms with van der Waals surface area (Å²) in [6.45, 7) is 0. The lowest BCUT2D eigenvalue weighted by Crippen LogP contribution is -2.07. The quantitative estimate of drug-likeness (QED) is 0.237. The zero-order valence-electron chi connectivity index (χ0n) is 14.0. The van der Waals surface area contributed by atoms with Gasteiger partial charge in [-0.15, -0.1) is 0 Å². The number of hydrogen-bond acceptors (Lipinski definition) is 5. The highest BCUT2D eigenvalue weighted by Gasteiger charge is 2.08. The van der Waals surface area contributed by atoms with Gasteiger partial charge in [0.1, 0.15) is 11.5 Å². The fourth-order valence-electron chi connectivity index (χ4n) is 2.19. The molecule has 0 radical (unpaired) electrons. The van der Waals surface area contributed by atoms with Crippen molar-refractivity contribution >= 4 is 29.0 Å².